The number of amides is 1. The number of thiophene rings is 1. The molecule has 0 saturated carbocycles. The summed E-state index contributed by atoms with van der Waals surface area (Å²) in [5.41, 5.74) is 2.05. The summed E-state index contributed by atoms with van der Waals surface area (Å²) in [5, 5.41) is 6.92. The van der Waals surface area contributed by atoms with Crippen molar-refractivity contribution in [2.24, 2.45) is 0 Å². The zero-order valence-electron chi connectivity index (χ0n) is 16.4. The largest absolute Gasteiger partial charge is 0.459 e. The van der Waals surface area contributed by atoms with Crippen molar-refractivity contribution in [1.82, 2.24) is 9.88 Å². The van der Waals surface area contributed by atoms with Crippen LogP contribution >= 0.6 is 34.3 Å². The van der Waals surface area contributed by atoms with Crippen molar-refractivity contribution in [3.8, 4) is 21.9 Å². The maximum Gasteiger partial charge on any atom is 0.358 e. The molecule has 3 heterocycles. The van der Waals surface area contributed by atoms with E-state index in [1.54, 1.807) is 42.0 Å². The van der Waals surface area contributed by atoms with Crippen LogP contribution in [0.2, 0.25) is 5.02 Å². The molecule has 1 aromatic carbocycles. The molecule has 4 rings (SSSR count). The first-order valence-electron chi connectivity index (χ1n) is 9.23. The number of esters is 1. The van der Waals surface area contributed by atoms with E-state index in [1.807, 2.05) is 35.0 Å². The number of aromatic nitrogens is 1. The topological polar surface area (TPSA) is 72.6 Å². The van der Waals surface area contributed by atoms with E-state index in [2.05, 4.69) is 4.98 Å². The summed E-state index contributed by atoms with van der Waals surface area (Å²) < 4.78 is 10.9. The van der Waals surface area contributed by atoms with E-state index >= 15 is 0 Å². The highest BCUT2D eigenvalue weighted by Gasteiger charge is 2.18. The average Bonchev–Trinajstić information content (AvgIpc) is 3.53. The summed E-state index contributed by atoms with van der Waals surface area (Å²) in [4.78, 5) is 30.3. The van der Waals surface area contributed by atoms with Gasteiger partial charge in [-0.1, -0.05) is 11.6 Å². The van der Waals surface area contributed by atoms with E-state index in [-0.39, 0.29) is 24.8 Å². The summed E-state index contributed by atoms with van der Waals surface area (Å²) in [7, 11) is 1.62. The average molecular weight is 473 g/mol. The van der Waals surface area contributed by atoms with Gasteiger partial charge in [0.1, 0.15) is 16.5 Å². The number of hydrogen-bond donors (Lipinski definition) is 0. The number of likely N-dealkylation sites (N-methyl/N-ethyl adjacent to an activating group) is 1. The lowest BCUT2D eigenvalue weighted by Gasteiger charge is -2.15. The summed E-state index contributed by atoms with van der Waals surface area (Å²) in [6.07, 6.45) is 0. The van der Waals surface area contributed by atoms with Gasteiger partial charge in [-0.3, -0.25) is 4.79 Å². The minimum absolute atomic E-state index is 0.195. The van der Waals surface area contributed by atoms with Crippen LogP contribution in [0.1, 0.15) is 16.2 Å². The minimum Gasteiger partial charge on any atom is -0.459 e. The van der Waals surface area contributed by atoms with Crippen molar-refractivity contribution in [3.63, 3.8) is 0 Å². The van der Waals surface area contributed by atoms with Gasteiger partial charge >= 0.3 is 5.97 Å². The summed E-state index contributed by atoms with van der Waals surface area (Å²) in [6.45, 7) is -0.117. The Labute approximate surface area is 191 Å². The molecule has 6 nitrogen and oxygen atoms in total. The van der Waals surface area contributed by atoms with E-state index in [0.717, 1.165) is 16.1 Å². The van der Waals surface area contributed by atoms with Gasteiger partial charge in [0.15, 0.2) is 12.3 Å². The van der Waals surface area contributed by atoms with Crippen LogP contribution in [0.4, 0.5) is 0 Å². The van der Waals surface area contributed by atoms with Gasteiger partial charge in [-0.05, 0) is 47.8 Å². The number of furan rings is 1. The molecule has 0 saturated heterocycles. The number of ether oxygens (including phenoxy) is 1. The van der Waals surface area contributed by atoms with Gasteiger partial charge in [0.2, 0.25) is 0 Å². The third kappa shape index (κ3) is 5.22. The number of thiazole rings is 1. The van der Waals surface area contributed by atoms with Gasteiger partial charge in [-0.15, -0.1) is 11.3 Å². The van der Waals surface area contributed by atoms with Crippen molar-refractivity contribution >= 4 is 46.2 Å². The van der Waals surface area contributed by atoms with Crippen molar-refractivity contribution in [3.05, 3.63) is 75.1 Å². The molecule has 0 aliphatic heterocycles. The van der Waals surface area contributed by atoms with Crippen LogP contribution in [-0.4, -0.2) is 35.4 Å². The molecule has 3 aromatic heterocycles. The van der Waals surface area contributed by atoms with Crippen molar-refractivity contribution < 1.29 is 18.7 Å². The van der Waals surface area contributed by atoms with Crippen molar-refractivity contribution in [2.75, 3.05) is 13.7 Å². The van der Waals surface area contributed by atoms with Crippen LogP contribution in [0, 0.1) is 0 Å². The van der Waals surface area contributed by atoms with Crippen LogP contribution in [0.3, 0.4) is 0 Å². The smallest absolute Gasteiger partial charge is 0.358 e. The lowest BCUT2D eigenvalue weighted by molar-refractivity contribution is -0.133. The molecule has 4 aromatic rings. The molecule has 0 aliphatic carbocycles. The number of carbonyl (C=O) groups excluding carboxylic acids is 2. The third-order valence-electron chi connectivity index (χ3n) is 4.42. The van der Waals surface area contributed by atoms with E-state index in [4.69, 9.17) is 20.8 Å². The predicted octanol–water partition coefficient (Wildman–Crippen LogP) is 5.60. The summed E-state index contributed by atoms with van der Waals surface area (Å²) in [6, 6.07) is 12.9. The maximum atomic E-state index is 12.4. The fourth-order valence-corrected chi connectivity index (χ4v) is 4.38. The van der Waals surface area contributed by atoms with Gasteiger partial charge in [-0.25, -0.2) is 9.78 Å². The van der Waals surface area contributed by atoms with Gasteiger partial charge in [0.05, 0.1) is 6.54 Å². The SMILES string of the molecule is CN(Cc1ccc(-c2ccc(Cl)cc2)o1)C(=O)COC(=O)c1csc(-c2ccsc2)n1. The fraction of sp³-hybridized carbons (Fsp3) is 0.136. The lowest BCUT2D eigenvalue weighted by Crippen LogP contribution is -2.30. The van der Waals surface area contributed by atoms with E-state index in [0.29, 0.717) is 16.5 Å². The number of hydrogen-bond acceptors (Lipinski definition) is 7. The van der Waals surface area contributed by atoms with Gasteiger partial charge < -0.3 is 14.1 Å². The molecule has 31 heavy (non-hydrogen) atoms. The van der Waals surface area contributed by atoms with Crippen LogP contribution in [0.25, 0.3) is 21.9 Å². The second-order valence-corrected chi connectivity index (χ2v) is 8.72. The Balaban J connectivity index is 1.30. The molecule has 0 unspecified atom stereocenters. The molecule has 0 bridgehead atoms. The number of benzene rings is 1. The molecule has 9 heteroatoms. The Morgan fingerprint density at radius 2 is 1.90 bits per heavy atom. The first-order chi connectivity index (χ1) is 15.0. The Bertz CT molecular complexity index is 1180. The molecule has 1 amide bonds. The standard InChI is InChI=1S/C22H17ClN2O4S2/c1-25(10-17-6-7-19(29-17)14-2-4-16(23)5-3-14)20(26)11-28-22(27)18-13-31-21(24-18)15-8-9-30-12-15/h2-9,12-13H,10-11H2,1H3. The summed E-state index contributed by atoms with van der Waals surface area (Å²) >= 11 is 8.83. The van der Waals surface area contributed by atoms with Crippen LogP contribution < -0.4 is 0 Å². The second kappa shape index (κ2) is 9.47. The molecular formula is C22H17ClN2O4S2. The molecule has 0 spiro atoms. The lowest BCUT2D eigenvalue weighted by atomic mass is 10.2. The monoisotopic (exact) mass is 472 g/mol. The van der Waals surface area contributed by atoms with Crippen LogP contribution in [0.15, 0.2) is 63.0 Å². The van der Waals surface area contributed by atoms with Crippen LogP contribution in [0.5, 0.6) is 0 Å². The van der Waals surface area contributed by atoms with E-state index in [1.165, 1.54) is 16.2 Å². The van der Waals surface area contributed by atoms with Gasteiger partial charge in [0.25, 0.3) is 5.91 Å². The van der Waals surface area contributed by atoms with E-state index in [9.17, 15) is 9.59 Å². The molecule has 0 radical (unpaired) electrons. The predicted molar refractivity (Wildman–Crippen MR) is 121 cm³/mol. The zero-order chi connectivity index (χ0) is 21.8. The highest BCUT2D eigenvalue weighted by molar-refractivity contribution is 7.14. The minimum atomic E-state index is -0.623. The number of carbonyl (C=O) groups is 2. The Morgan fingerprint density at radius 3 is 2.65 bits per heavy atom. The molecule has 0 atom stereocenters. The van der Waals surface area contributed by atoms with Crippen molar-refractivity contribution in [1.29, 1.82) is 0 Å². The Kier molecular flexibility index (Phi) is 6.50. The first kappa shape index (κ1) is 21.3. The Morgan fingerprint density at radius 1 is 1.10 bits per heavy atom. The summed E-state index contributed by atoms with van der Waals surface area (Å²) in [5.74, 6) is 0.338. The Hall–Kier alpha value is -2.94. The zero-order valence-corrected chi connectivity index (χ0v) is 18.8. The number of nitrogens with zero attached hydrogens (tertiary/aromatic N) is 2. The number of halogens is 1. The molecule has 0 aliphatic rings. The maximum absolute atomic E-state index is 12.4. The molecular weight excluding hydrogens is 456 g/mol. The van der Waals surface area contributed by atoms with E-state index < -0.39 is 5.97 Å². The quantitative estimate of drug-likeness (QED) is 0.327. The first-order valence-corrected chi connectivity index (χ1v) is 11.4. The molecule has 158 valence electrons. The highest BCUT2D eigenvalue weighted by atomic mass is 35.5. The molecule has 0 fully saturated rings. The van der Waals surface area contributed by atoms with Crippen molar-refractivity contribution in [2.45, 2.75) is 6.54 Å². The highest BCUT2D eigenvalue weighted by Crippen LogP contribution is 2.26. The van der Waals surface area contributed by atoms with Gasteiger partial charge in [0, 0.05) is 34.0 Å². The normalized spacial score (nSPS) is 10.8. The molecule has 0 N–H and O–H groups in total. The van der Waals surface area contributed by atoms with Crippen LogP contribution in [-0.2, 0) is 16.1 Å². The number of rotatable bonds is 7. The third-order valence-corrected chi connectivity index (χ3v) is 6.24. The fourth-order valence-electron chi connectivity index (χ4n) is 2.75. The second-order valence-electron chi connectivity index (χ2n) is 6.65. The van der Waals surface area contributed by atoms with Gasteiger partial charge in [-0.2, -0.15) is 11.3 Å².